The van der Waals surface area contributed by atoms with E-state index in [1.165, 1.54) is 0 Å². The molecule has 0 aliphatic heterocycles. The Kier molecular flexibility index (Phi) is 8.43. The van der Waals surface area contributed by atoms with Gasteiger partial charge in [0.25, 0.3) is 0 Å². The van der Waals surface area contributed by atoms with Crippen molar-refractivity contribution in [1.82, 2.24) is 10.6 Å². The van der Waals surface area contributed by atoms with Crippen LogP contribution in [-0.2, 0) is 15.6 Å². The predicted octanol–water partition coefficient (Wildman–Crippen LogP) is 1.04. The molecular weight excluding hydrogens is 236 g/mol. The lowest BCUT2D eigenvalue weighted by atomic mass is 10.2. The van der Waals surface area contributed by atoms with Gasteiger partial charge in [-0.1, -0.05) is 13.8 Å². The van der Waals surface area contributed by atoms with E-state index in [4.69, 9.17) is 0 Å². The number of carbonyl (C=O) groups is 1. The van der Waals surface area contributed by atoms with Crippen LogP contribution in [0, 0.1) is 0 Å². The second kappa shape index (κ2) is 8.64. The van der Waals surface area contributed by atoms with Gasteiger partial charge in [-0.2, -0.15) is 0 Å². The number of amides is 1. The van der Waals surface area contributed by atoms with E-state index < -0.39 is 10.8 Å². The van der Waals surface area contributed by atoms with Crippen LogP contribution in [0.1, 0.15) is 40.5 Å². The zero-order chi connectivity index (χ0) is 13.4. The van der Waals surface area contributed by atoms with Gasteiger partial charge in [0.15, 0.2) is 0 Å². The molecule has 0 radical (unpaired) electrons. The smallest absolute Gasteiger partial charge is 0.237 e. The van der Waals surface area contributed by atoms with E-state index in [1.807, 2.05) is 27.7 Å². The SMILES string of the molecule is CCC(C)NC(=O)C(C)NCCC(C)S(C)=O. The summed E-state index contributed by atoms with van der Waals surface area (Å²) in [5.74, 6) is 0.0321. The van der Waals surface area contributed by atoms with Gasteiger partial charge in [0, 0.05) is 28.3 Å². The van der Waals surface area contributed by atoms with E-state index >= 15 is 0 Å². The van der Waals surface area contributed by atoms with Gasteiger partial charge in [-0.25, -0.2) is 0 Å². The molecule has 0 aromatic rings. The standard InChI is InChI=1S/C12H26N2O2S/c1-6-9(2)14-12(15)11(4)13-8-7-10(3)17(5)16/h9-11,13H,6-8H2,1-5H3,(H,14,15). The molecule has 5 heteroatoms. The van der Waals surface area contributed by atoms with Crippen LogP contribution in [0.25, 0.3) is 0 Å². The molecule has 1 amide bonds. The fraction of sp³-hybridized carbons (Fsp3) is 0.917. The Hall–Kier alpha value is -0.420. The lowest BCUT2D eigenvalue weighted by molar-refractivity contribution is -0.123. The molecule has 0 aromatic heterocycles. The maximum atomic E-state index is 11.7. The van der Waals surface area contributed by atoms with Crippen molar-refractivity contribution in [2.45, 2.75) is 57.9 Å². The van der Waals surface area contributed by atoms with Crippen LogP contribution in [0.4, 0.5) is 0 Å². The van der Waals surface area contributed by atoms with Crippen molar-refractivity contribution in [2.24, 2.45) is 0 Å². The monoisotopic (exact) mass is 262 g/mol. The maximum Gasteiger partial charge on any atom is 0.237 e. The normalized spacial score (nSPS) is 18.2. The Morgan fingerprint density at radius 2 is 1.88 bits per heavy atom. The van der Waals surface area contributed by atoms with Crippen molar-refractivity contribution >= 4 is 16.7 Å². The Morgan fingerprint density at radius 1 is 1.29 bits per heavy atom. The molecule has 0 saturated carbocycles. The van der Waals surface area contributed by atoms with Gasteiger partial charge in [-0.15, -0.1) is 0 Å². The van der Waals surface area contributed by atoms with Crippen LogP contribution < -0.4 is 10.6 Å². The topological polar surface area (TPSA) is 58.2 Å². The van der Waals surface area contributed by atoms with Crippen LogP contribution in [0.5, 0.6) is 0 Å². The third kappa shape index (κ3) is 7.49. The number of rotatable bonds is 8. The van der Waals surface area contributed by atoms with Crippen molar-refractivity contribution in [3.05, 3.63) is 0 Å². The van der Waals surface area contributed by atoms with E-state index in [0.717, 1.165) is 19.4 Å². The van der Waals surface area contributed by atoms with E-state index in [1.54, 1.807) is 6.26 Å². The van der Waals surface area contributed by atoms with Crippen LogP contribution in [0.2, 0.25) is 0 Å². The minimum atomic E-state index is -0.787. The van der Waals surface area contributed by atoms with Gasteiger partial charge >= 0.3 is 0 Å². The summed E-state index contributed by atoms with van der Waals surface area (Å²) in [7, 11) is -0.787. The van der Waals surface area contributed by atoms with Crippen molar-refractivity contribution in [3.8, 4) is 0 Å². The number of hydrogen-bond donors (Lipinski definition) is 2. The van der Waals surface area contributed by atoms with Crippen LogP contribution in [-0.4, -0.2) is 40.3 Å². The molecule has 0 spiro atoms. The number of nitrogens with one attached hydrogen (secondary N) is 2. The third-order valence-electron chi connectivity index (χ3n) is 2.96. The Labute approximate surface area is 107 Å². The van der Waals surface area contributed by atoms with Gasteiger partial charge in [-0.3, -0.25) is 9.00 Å². The van der Waals surface area contributed by atoms with Crippen LogP contribution in [0.15, 0.2) is 0 Å². The molecule has 17 heavy (non-hydrogen) atoms. The average Bonchev–Trinajstić information content (AvgIpc) is 2.28. The Morgan fingerprint density at radius 3 is 2.35 bits per heavy atom. The first kappa shape index (κ1) is 16.6. The molecule has 0 aliphatic carbocycles. The van der Waals surface area contributed by atoms with Gasteiger partial charge in [0.05, 0.1) is 6.04 Å². The van der Waals surface area contributed by atoms with E-state index in [0.29, 0.717) is 0 Å². The molecule has 0 aromatic carbocycles. The molecule has 0 bridgehead atoms. The largest absolute Gasteiger partial charge is 0.352 e. The molecule has 0 aliphatic rings. The highest BCUT2D eigenvalue weighted by Crippen LogP contribution is 1.98. The molecule has 0 saturated heterocycles. The Bertz CT molecular complexity index is 259. The van der Waals surface area contributed by atoms with Crippen LogP contribution in [0.3, 0.4) is 0 Å². The van der Waals surface area contributed by atoms with E-state index in [9.17, 15) is 9.00 Å². The summed E-state index contributed by atoms with van der Waals surface area (Å²) in [6.07, 6.45) is 3.47. The number of hydrogen-bond acceptors (Lipinski definition) is 3. The fourth-order valence-electron chi connectivity index (χ4n) is 1.23. The summed E-state index contributed by atoms with van der Waals surface area (Å²) in [5.41, 5.74) is 0. The van der Waals surface area contributed by atoms with Gasteiger partial charge < -0.3 is 10.6 Å². The van der Waals surface area contributed by atoms with Gasteiger partial charge in [-0.05, 0) is 33.2 Å². The Balaban J connectivity index is 3.82. The van der Waals surface area contributed by atoms with Crippen molar-refractivity contribution in [2.75, 3.05) is 12.8 Å². The van der Waals surface area contributed by atoms with Crippen molar-refractivity contribution in [3.63, 3.8) is 0 Å². The summed E-state index contributed by atoms with van der Waals surface area (Å²) in [4.78, 5) is 11.7. The van der Waals surface area contributed by atoms with Crippen molar-refractivity contribution < 1.29 is 9.00 Å². The second-order valence-electron chi connectivity index (χ2n) is 4.59. The highest BCUT2D eigenvalue weighted by molar-refractivity contribution is 7.84. The molecule has 0 rings (SSSR count). The van der Waals surface area contributed by atoms with Gasteiger partial charge in [0.1, 0.15) is 0 Å². The molecule has 4 unspecified atom stereocenters. The summed E-state index contributed by atoms with van der Waals surface area (Å²) in [6.45, 7) is 8.57. The highest BCUT2D eigenvalue weighted by Gasteiger charge is 2.14. The quantitative estimate of drug-likeness (QED) is 0.687. The molecule has 2 N–H and O–H groups in total. The summed E-state index contributed by atoms with van der Waals surface area (Å²) < 4.78 is 11.1. The van der Waals surface area contributed by atoms with Crippen molar-refractivity contribution in [1.29, 1.82) is 0 Å². The lowest BCUT2D eigenvalue weighted by Crippen LogP contribution is -2.45. The number of carbonyl (C=O) groups excluding carboxylic acids is 1. The summed E-state index contributed by atoms with van der Waals surface area (Å²) in [6, 6.07) is 0.0234. The molecule has 102 valence electrons. The van der Waals surface area contributed by atoms with Crippen LogP contribution >= 0.6 is 0 Å². The first-order valence-corrected chi connectivity index (χ1v) is 7.86. The zero-order valence-corrected chi connectivity index (χ0v) is 12.4. The first-order chi connectivity index (χ1) is 7.88. The van der Waals surface area contributed by atoms with Gasteiger partial charge in [0.2, 0.25) is 5.91 Å². The first-order valence-electron chi connectivity index (χ1n) is 6.24. The zero-order valence-electron chi connectivity index (χ0n) is 11.6. The van der Waals surface area contributed by atoms with E-state index in [-0.39, 0.29) is 23.2 Å². The molecule has 4 nitrogen and oxygen atoms in total. The molecular formula is C12H26N2O2S. The minimum Gasteiger partial charge on any atom is -0.352 e. The summed E-state index contributed by atoms with van der Waals surface area (Å²) in [5, 5.41) is 6.25. The maximum absolute atomic E-state index is 11.7. The van der Waals surface area contributed by atoms with E-state index in [2.05, 4.69) is 10.6 Å². The lowest BCUT2D eigenvalue weighted by Gasteiger charge is -2.18. The average molecular weight is 262 g/mol. The highest BCUT2D eigenvalue weighted by atomic mass is 32.2. The molecule has 4 atom stereocenters. The minimum absolute atomic E-state index is 0.0321. The molecule has 0 fully saturated rings. The third-order valence-corrected chi connectivity index (χ3v) is 4.33. The molecule has 0 heterocycles. The fourth-order valence-corrected chi connectivity index (χ4v) is 1.68. The second-order valence-corrected chi connectivity index (χ2v) is 6.39. The summed E-state index contributed by atoms with van der Waals surface area (Å²) >= 11 is 0. The predicted molar refractivity (Wildman–Crippen MR) is 73.5 cm³/mol.